The molecule has 7 heteroatoms. The molecule has 0 aromatic carbocycles. The fourth-order valence-corrected chi connectivity index (χ4v) is 1.12. The lowest BCUT2D eigenvalue weighted by molar-refractivity contribution is -0.0247. The number of esters is 1. The lowest BCUT2D eigenvalue weighted by atomic mass is 10.3. The van der Waals surface area contributed by atoms with Gasteiger partial charge in [0, 0.05) is 12.5 Å². The van der Waals surface area contributed by atoms with Crippen LogP contribution in [0, 0.1) is 6.92 Å². The van der Waals surface area contributed by atoms with Gasteiger partial charge in [-0.1, -0.05) is 0 Å². The van der Waals surface area contributed by atoms with Gasteiger partial charge in [0.05, 0.1) is 6.61 Å². The highest BCUT2D eigenvalue weighted by molar-refractivity contribution is 5.87. The number of rotatable bonds is 5. The summed E-state index contributed by atoms with van der Waals surface area (Å²) in [5.41, 5.74) is 0.460. The summed E-state index contributed by atoms with van der Waals surface area (Å²) in [6.07, 6.45) is 0. The molecule has 0 saturated heterocycles. The second kappa shape index (κ2) is 5.70. The molecule has 1 aromatic heterocycles. The van der Waals surface area contributed by atoms with Crippen LogP contribution in [-0.2, 0) is 4.74 Å². The van der Waals surface area contributed by atoms with Crippen LogP contribution in [0.25, 0.3) is 0 Å². The largest absolute Gasteiger partial charge is 0.470 e. The summed E-state index contributed by atoms with van der Waals surface area (Å²) >= 11 is 0. The predicted octanol–water partition coefficient (Wildman–Crippen LogP) is 2.00. The number of carbonyl (C=O) groups is 1. The van der Waals surface area contributed by atoms with Crippen LogP contribution in [0.2, 0.25) is 0 Å². The Morgan fingerprint density at radius 2 is 2.11 bits per heavy atom. The van der Waals surface area contributed by atoms with Crippen molar-refractivity contribution in [2.75, 3.05) is 13.2 Å². The molecule has 0 fully saturated rings. The number of hydrogen-bond donors (Lipinski definition) is 0. The highest BCUT2D eigenvalue weighted by Crippen LogP contribution is 2.18. The Kier molecular flexibility index (Phi) is 4.52. The second-order valence-corrected chi connectivity index (χ2v) is 3.80. The average Bonchev–Trinajstić information content (AvgIpc) is 2.26. The van der Waals surface area contributed by atoms with E-state index in [2.05, 4.69) is 10.2 Å². The fraction of sp³-hybridized carbons (Fsp3) is 0.545. The number of nitrogens with zero attached hydrogens (tertiary/aromatic N) is 2. The summed E-state index contributed by atoms with van der Waals surface area (Å²) in [6, 6.07) is 1.38. The van der Waals surface area contributed by atoms with Crippen molar-refractivity contribution in [3.05, 3.63) is 17.3 Å². The molecule has 5 nitrogen and oxygen atoms in total. The molecule has 0 unspecified atom stereocenters. The van der Waals surface area contributed by atoms with Crippen molar-refractivity contribution in [3.8, 4) is 5.88 Å². The maximum absolute atomic E-state index is 12.6. The third kappa shape index (κ3) is 4.23. The van der Waals surface area contributed by atoms with E-state index in [9.17, 15) is 13.6 Å². The summed E-state index contributed by atoms with van der Waals surface area (Å²) in [5, 5.41) is 7.14. The van der Waals surface area contributed by atoms with Gasteiger partial charge in [-0.2, -0.15) is 0 Å². The Hall–Kier alpha value is -1.79. The SMILES string of the molecule is CCOC(=O)c1cc(C)c(OCC(C)(F)F)nn1. The van der Waals surface area contributed by atoms with Crippen molar-refractivity contribution in [2.24, 2.45) is 0 Å². The van der Waals surface area contributed by atoms with Gasteiger partial charge in [0.1, 0.15) is 0 Å². The Bertz CT molecular complexity index is 433. The first-order valence-corrected chi connectivity index (χ1v) is 5.35. The lowest BCUT2D eigenvalue weighted by Gasteiger charge is -2.12. The summed E-state index contributed by atoms with van der Waals surface area (Å²) in [7, 11) is 0. The van der Waals surface area contributed by atoms with Gasteiger partial charge in [0.15, 0.2) is 12.3 Å². The van der Waals surface area contributed by atoms with Crippen molar-refractivity contribution in [3.63, 3.8) is 0 Å². The van der Waals surface area contributed by atoms with Crippen LogP contribution in [0.4, 0.5) is 8.78 Å². The molecule has 0 spiro atoms. The molecule has 1 rings (SSSR count). The molecule has 100 valence electrons. The zero-order valence-corrected chi connectivity index (χ0v) is 10.4. The predicted molar refractivity (Wildman–Crippen MR) is 58.8 cm³/mol. The van der Waals surface area contributed by atoms with Crippen LogP contribution in [0.15, 0.2) is 6.07 Å². The van der Waals surface area contributed by atoms with Gasteiger partial charge < -0.3 is 9.47 Å². The molecular weight excluding hydrogens is 246 g/mol. The number of aryl methyl sites for hydroxylation is 1. The molecule has 0 amide bonds. The molecule has 0 aliphatic rings. The van der Waals surface area contributed by atoms with E-state index in [1.807, 2.05) is 0 Å². The average molecular weight is 260 g/mol. The van der Waals surface area contributed by atoms with Crippen LogP contribution in [0.1, 0.15) is 29.9 Å². The fourth-order valence-electron chi connectivity index (χ4n) is 1.12. The number of hydrogen-bond acceptors (Lipinski definition) is 5. The molecule has 18 heavy (non-hydrogen) atoms. The smallest absolute Gasteiger partial charge is 0.358 e. The number of aromatic nitrogens is 2. The summed E-state index contributed by atoms with van der Waals surface area (Å²) < 4.78 is 34.8. The molecule has 0 bridgehead atoms. The van der Waals surface area contributed by atoms with E-state index in [1.54, 1.807) is 13.8 Å². The van der Waals surface area contributed by atoms with Crippen LogP contribution in [-0.4, -0.2) is 35.3 Å². The Labute approximate surface area is 103 Å². The Morgan fingerprint density at radius 1 is 1.44 bits per heavy atom. The van der Waals surface area contributed by atoms with E-state index < -0.39 is 18.5 Å². The van der Waals surface area contributed by atoms with Gasteiger partial charge in [-0.25, -0.2) is 13.6 Å². The quantitative estimate of drug-likeness (QED) is 0.758. The molecule has 1 aromatic rings. The lowest BCUT2D eigenvalue weighted by Crippen LogP contribution is -2.22. The van der Waals surface area contributed by atoms with Gasteiger partial charge in [-0.3, -0.25) is 0 Å². The zero-order valence-electron chi connectivity index (χ0n) is 10.4. The van der Waals surface area contributed by atoms with Crippen LogP contribution in [0.5, 0.6) is 5.88 Å². The number of alkyl halides is 2. The van der Waals surface area contributed by atoms with Gasteiger partial charge in [0.2, 0.25) is 5.88 Å². The Morgan fingerprint density at radius 3 is 2.61 bits per heavy atom. The van der Waals surface area contributed by atoms with E-state index in [4.69, 9.17) is 9.47 Å². The molecule has 0 aliphatic carbocycles. The van der Waals surface area contributed by atoms with Crippen molar-refractivity contribution >= 4 is 5.97 Å². The summed E-state index contributed by atoms with van der Waals surface area (Å²) in [6.45, 7) is 3.42. The molecule has 0 saturated carbocycles. The van der Waals surface area contributed by atoms with Crippen LogP contribution in [0.3, 0.4) is 0 Å². The van der Waals surface area contributed by atoms with Crippen molar-refractivity contribution in [1.82, 2.24) is 10.2 Å². The number of ether oxygens (including phenoxy) is 2. The van der Waals surface area contributed by atoms with Gasteiger partial charge in [-0.05, 0) is 19.9 Å². The van der Waals surface area contributed by atoms with E-state index in [0.29, 0.717) is 5.56 Å². The summed E-state index contributed by atoms with van der Waals surface area (Å²) in [5.74, 6) is -3.58. The molecule has 0 aliphatic heterocycles. The normalized spacial score (nSPS) is 11.2. The minimum atomic E-state index is -2.95. The van der Waals surface area contributed by atoms with Gasteiger partial charge in [-0.15, -0.1) is 10.2 Å². The van der Waals surface area contributed by atoms with Crippen molar-refractivity contribution in [2.45, 2.75) is 26.7 Å². The van der Waals surface area contributed by atoms with E-state index in [1.165, 1.54) is 6.07 Å². The first-order chi connectivity index (χ1) is 8.33. The monoisotopic (exact) mass is 260 g/mol. The number of halogens is 2. The van der Waals surface area contributed by atoms with Crippen molar-refractivity contribution < 1.29 is 23.0 Å². The standard InChI is InChI=1S/C11H14F2N2O3/c1-4-17-10(16)8-5-7(2)9(15-14-8)18-6-11(3,12)13/h5H,4,6H2,1-3H3. The Balaban J connectivity index is 2.77. The highest BCUT2D eigenvalue weighted by atomic mass is 19.3. The van der Waals surface area contributed by atoms with E-state index in [0.717, 1.165) is 6.92 Å². The molecule has 0 atom stereocenters. The van der Waals surface area contributed by atoms with Crippen molar-refractivity contribution in [1.29, 1.82) is 0 Å². The highest BCUT2D eigenvalue weighted by Gasteiger charge is 2.23. The van der Waals surface area contributed by atoms with Gasteiger partial charge in [0.25, 0.3) is 5.92 Å². The minimum Gasteiger partial charge on any atom is -0.470 e. The third-order valence-corrected chi connectivity index (χ3v) is 1.89. The van der Waals surface area contributed by atoms with Crippen LogP contribution < -0.4 is 4.74 Å². The maximum Gasteiger partial charge on any atom is 0.358 e. The molecular formula is C11H14F2N2O3. The van der Waals surface area contributed by atoms with E-state index in [-0.39, 0.29) is 18.2 Å². The van der Waals surface area contributed by atoms with Crippen LogP contribution >= 0.6 is 0 Å². The third-order valence-electron chi connectivity index (χ3n) is 1.89. The topological polar surface area (TPSA) is 61.3 Å². The van der Waals surface area contributed by atoms with E-state index >= 15 is 0 Å². The second-order valence-electron chi connectivity index (χ2n) is 3.80. The van der Waals surface area contributed by atoms with Gasteiger partial charge >= 0.3 is 5.97 Å². The molecule has 0 radical (unpaired) electrons. The maximum atomic E-state index is 12.6. The summed E-state index contributed by atoms with van der Waals surface area (Å²) in [4.78, 5) is 11.3. The molecule has 0 N–H and O–H groups in total. The zero-order chi connectivity index (χ0) is 13.8. The first kappa shape index (κ1) is 14.3. The number of carbonyl (C=O) groups excluding carboxylic acids is 1. The minimum absolute atomic E-state index is 0.0185. The molecule has 1 heterocycles. The first-order valence-electron chi connectivity index (χ1n) is 5.35.